The monoisotopic (exact) mass is 332 g/mol. The number of nitrogens with one attached hydrogen (secondary N) is 2. The normalized spacial score (nSPS) is 14.7. The van der Waals surface area contributed by atoms with Gasteiger partial charge in [-0.2, -0.15) is 0 Å². The summed E-state index contributed by atoms with van der Waals surface area (Å²) in [7, 11) is 0. The number of pyridine rings is 1. The summed E-state index contributed by atoms with van der Waals surface area (Å²) in [5, 5.41) is 2.97. The lowest BCUT2D eigenvalue weighted by atomic mass is 10.1. The number of imidazole rings is 1. The van der Waals surface area contributed by atoms with Crippen molar-refractivity contribution in [2.75, 3.05) is 11.9 Å². The number of anilines is 1. The molecule has 2 aromatic rings. The molecule has 2 N–H and O–H groups in total. The lowest BCUT2D eigenvalue weighted by Gasteiger charge is -2.00. The largest absolute Gasteiger partial charge is 0.461 e. The molecule has 0 saturated heterocycles. The van der Waals surface area contributed by atoms with Crippen molar-refractivity contribution in [2.45, 2.75) is 13.8 Å². The molecule has 0 unspecified atom stereocenters. The van der Waals surface area contributed by atoms with Crippen LogP contribution in [0, 0.1) is 6.92 Å². The highest BCUT2D eigenvalue weighted by atomic mass is 35.5. The number of aromatic nitrogens is 3. The van der Waals surface area contributed by atoms with E-state index in [-0.39, 0.29) is 23.4 Å². The first-order chi connectivity index (χ1) is 11.0. The molecule has 1 amide bonds. The molecule has 0 saturated carbocycles. The zero-order valence-electron chi connectivity index (χ0n) is 12.4. The highest BCUT2D eigenvalue weighted by Crippen LogP contribution is 2.32. The van der Waals surface area contributed by atoms with Gasteiger partial charge in [0, 0.05) is 0 Å². The Morgan fingerprint density at radius 2 is 2.17 bits per heavy atom. The topological polar surface area (TPSA) is 97.0 Å². The molecule has 0 fully saturated rings. The second-order valence-electron chi connectivity index (χ2n) is 4.85. The van der Waals surface area contributed by atoms with Gasteiger partial charge < -0.3 is 15.0 Å². The zero-order chi connectivity index (χ0) is 16.6. The molecule has 0 spiro atoms. The zero-order valence-corrected chi connectivity index (χ0v) is 13.2. The number of carbonyl (C=O) groups excluding carboxylic acids is 2. The summed E-state index contributed by atoms with van der Waals surface area (Å²) in [5.74, 6) is -0.337. The minimum absolute atomic E-state index is 0.125. The average Bonchev–Trinajstić information content (AvgIpc) is 3.01. The number of esters is 1. The number of H-pyrrole nitrogens is 1. The Kier molecular flexibility index (Phi) is 3.87. The Hall–Kier alpha value is -2.67. The molecule has 0 aliphatic carbocycles. The van der Waals surface area contributed by atoms with E-state index in [2.05, 4.69) is 20.3 Å². The highest BCUT2D eigenvalue weighted by Gasteiger charge is 2.27. The van der Waals surface area contributed by atoms with Crippen LogP contribution in [-0.4, -0.2) is 33.4 Å². The Labute approximate surface area is 136 Å². The summed E-state index contributed by atoms with van der Waals surface area (Å²) in [5.41, 5.74) is 1.82. The van der Waals surface area contributed by atoms with Gasteiger partial charge >= 0.3 is 5.97 Å². The van der Waals surface area contributed by atoms with E-state index in [1.165, 1.54) is 6.08 Å². The van der Waals surface area contributed by atoms with Crippen LogP contribution in [0.1, 0.15) is 34.6 Å². The van der Waals surface area contributed by atoms with Gasteiger partial charge in [0.15, 0.2) is 5.69 Å². The Morgan fingerprint density at radius 3 is 2.91 bits per heavy atom. The third-order valence-electron chi connectivity index (χ3n) is 3.22. The number of aromatic amines is 1. The molecule has 0 aromatic carbocycles. The number of nitrogens with zero attached hydrogens (tertiary/aromatic N) is 2. The van der Waals surface area contributed by atoms with Gasteiger partial charge in [-0.3, -0.25) is 4.79 Å². The van der Waals surface area contributed by atoms with Crippen LogP contribution in [0.15, 0.2) is 12.1 Å². The maximum absolute atomic E-state index is 12.1. The molecule has 3 heterocycles. The molecule has 0 atom stereocenters. The SMILES string of the molecule is CCOC(=O)c1nc(C)[nH]c1/C=C1\C(=O)Nc2ccc(Cl)nc21. The first-order valence-electron chi connectivity index (χ1n) is 6.93. The molecule has 0 bridgehead atoms. The number of rotatable bonds is 3. The van der Waals surface area contributed by atoms with E-state index in [1.807, 2.05) is 0 Å². The van der Waals surface area contributed by atoms with Crippen molar-refractivity contribution >= 4 is 40.8 Å². The van der Waals surface area contributed by atoms with Crippen molar-refractivity contribution in [3.63, 3.8) is 0 Å². The lowest BCUT2D eigenvalue weighted by molar-refractivity contribution is -0.110. The van der Waals surface area contributed by atoms with E-state index in [4.69, 9.17) is 16.3 Å². The quantitative estimate of drug-likeness (QED) is 0.511. The molecule has 118 valence electrons. The predicted molar refractivity (Wildman–Crippen MR) is 85.0 cm³/mol. The number of carbonyl (C=O) groups is 2. The third kappa shape index (κ3) is 2.83. The fourth-order valence-electron chi connectivity index (χ4n) is 2.29. The molecule has 23 heavy (non-hydrogen) atoms. The van der Waals surface area contributed by atoms with Gasteiger partial charge in [0.1, 0.15) is 16.7 Å². The predicted octanol–water partition coefficient (Wildman–Crippen LogP) is 2.44. The van der Waals surface area contributed by atoms with Crippen LogP contribution in [0.4, 0.5) is 5.69 Å². The number of aryl methyl sites for hydroxylation is 1. The second-order valence-corrected chi connectivity index (χ2v) is 5.23. The van der Waals surface area contributed by atoms with Crippen molar-refractivity contribution in [1.29, 1.82) is 0 Å². The van der Waals surface area contributed by atoms with Crippen LogP contribution in [0.25, 0.3) is 11.6 Å². The van der Waals surface area contributed by atoms with Gasteiger partial charge in [-0.05, 0) is 32.1 Å². The highest BCUT2D eigenvalue weighted by molar-refractivity contribution is 6.35. The first-order valence-corrected chi connectivity index (χ1v) is 7.31. The molecule has 7 nitrogen and oxygen atoms in total. The van der Waals surface area contributed by atoms with E-state index in [0.29, 0.717) is 28.5 Å². The molecular formula is C15H13ClN4O3. The van der Waals surface area contributed by atoms with E-state index in [1.54, 1.807) is 26.0 Å². The minimum atomic E-state index is -0.554. The van der Waals surface area contributed by atoms with E-state index in [9.17, 15) is 9.59 Å². The smallest absolute Gasteiger partial charge is 0.359 e. The molecular weight excluding hydrogens is 320 g/mol. The van der Waals surface area contributed by atoms with Crippen LogP contribution < -0.4 is 5.32 Å². The van der Waals surface area contributed by atoms with Gasteiger partial charge in [0.25, 0.3) is 5.91 Å². The summed E-state index contributed by atoms with van der Waals surface area (Å²) >= 11 is 5.89. The van der Waals surface area contributed by atoms with Crippen molar-refractivity contribution in [1.82, 2.24) is 15.0 Å². The molecule has 0 radical (unpaired) electrons. The van der Waals surface area contributed by atoms with Crippen molar-refractivity contribution in [2.24, 2.45) is 0 Å². The van der Waals surface area contributed by atoms with Crippen molar-refractivity contribution in [3.05, 3.63) is 40.2 Å². The van der Waals surface area contributed by atoms with Crippen LogP contribution in [0.2, 0.25) is 5.15 Å². The number of fused-ring (bicyclic) bond motifs is 1. The van der Waals surface area contributed by atoms with E-state index < -0.39 is 5.97 Å². The summed E-state index contributed by atoms with van der Waals surface area (Å²) in [6.07, 6.45) is 1.52. The summed E-state index contributed by atoms with van der Waals surface area (Å²) in [6, 6.07) is 3.27. The fourth-order valence-corrected chi connectivity index (χ4v) is 2.43. The summed E-state index contributed by atoms with van der Waals surface area (Å²) in [4.78, 5) is 35.3. The van der Waals surface area contributed by atoms with Gasteiger partial charge in [0.05, 0.1) is 23.6 Å². The van der Waals surface area contributed by atoms with Gasteiger partial charge in [-0.1, -0.05) is 11.6 Å². The lowest BCUT2D eigenvalue weighted by Crippen LogP contribution is -2.08. The van der Waals surface area contributed by atoms with Crippen LogP contribution in [0.5, 0.6) is 0 Å². The molecule has 8 heteroatoms. The maximum Gasteiger partial charge on any atom is 0.359 e. The summed E-state index contributed by atoms with van der Waals surface area (Å²) < 4.78 is 4.97. The second kappa shape index (κ2) is 5.85. The van der Waals surface area contributed by atoms with E-state index in [0.717, 1.165) is 0 Å². The van der Waals surface area contributed by atoms with Crippen LogP contribution in [0.3, 0.4) is 0 Å². The van der Waals surface area contributed by atoms with Crippen molar-refractivity contribution in [3.8, 4) is 0 Å². The van der Waals surface area contributed by atoms with Gasteiger partial charge in [-0.25, -0.2) is 14.8 Å². The Morgan fingerprint density at radius 1 is 1.39 bits per heavy atom. The number of ether oxygens (including phenoxy) is 1. The molecule has 3 rings (SSSR count). The standard InChI is InChI=1S/C15H13ClN4O3/c1-3-23-15(22)13-10(17-7(2)18-13)6-8-12-9(19-14(8)21)4-5-11(16)20-12/h4-6H,3H2,1-2H3,(H,17,18)(H,19,21)/b8-6-. The average molecular weight is 333 g/mol. The summed E-state index contributed by atoms with van der Waals surface area (Å²) in [6.45, 7) is 3.66. The van der Waals surface area contributed by atoms with Crippen LogP contribution in [-0.2, 0) is 9.53 Å². The van der Waals surface area contributed by atoms with Crippen molar-refractivity contribution < 1.29 is 14.3 Å². The molecule has 2 aromatic heterocycles. The Bertz CT molecular complexity index is 841. The molecule has 1 aliphatic heterocycles. The van der Waals surface area contributed by atoms with Gasteiger partial charge in [0.2, 0.25) is 0 Å². The third-order valence-corrected chi connectivity index (χ3v) is 3.43. The van der Waals surface area contributed by atoms with Crippen LogP contribution >= 0.6 is 11.6 Å². The Balaban J connectivity index is 2.08. The number of halogens is 1. The minimum Gasteiger partial charge on any atom is -0.461 e. The maximum atomic E-state index is 12.1. The number of hydrogen-bond donors (Lipinski definition) is 2. The first kappa shape index (κ1) is 15.2. The fraction of sp³-hybridized carbons (Fsp3) is 0.200. The molecule has 1 aliphatic rings. The van der Waals surface area contributed by atoms with E-state index >= 15 is 0 Å². The number of amides is 1. The number of hydrogen-bond acceptors (Lipinski definition) is 5. The van der Waals surface area contributed by atoms with Gasteiger partial charge in [-0.15, -0.1) is 0 Å².